The summed E-state index contributed by atoms with van der Waals surface area (Å²) in [5.74, 6) is -2.45. The Labute approximate surface area is 186 Å². The van der Waals surface area contributed by atoms with Crippen molar-refractivity contribution in [3.63, 3.8) is 0 Å². The third kappa shape index (κ3) is 4.00. The molecule has 172 valence electrons. The molecule has 0 saturated carbocycles. The van der Waals surface area contributed by atoms with Crippen LogP contribution < -0.4 is 5.43 Å². The van der Waals surface area contributed by atoms with Crippen LogP contribution in [0.2, 0.25) is 0 Å². The van der Waals surface area contributed by atoms with Gasteiger partial charge in [0.2, 0.25) is 6.29 Å². The lowest BCUT2D eigenvalue weighted by Crippen LogP contribution is -2.60. The van der Waals surface area contributed by atoms with Crippen molar-refractivity contribution in [1.82, 2.24) is 0 Å². The molecule has 1 fully saturated rings. The molecule has 0 aliphatic carbocycles. The first-order valence-corrected chi connectivity index (χ1v) is 9.96. The van der Waals surface area contributed by atoms with Crippen molar-refractivity contribution in [2.75, 3.05) is 0 Å². The average molecular weight is 456 g/mol. The van der Waals surface area contributed by atoms with E-state index < -0.39 is 42.6 Å². The van der Waals surface area contributed by atoms with Gasteiger partial charge in [0.1, 0.15) is 29.6 Å². The van der Waals surface area contributed by atoms with Crippen molar-refractivity contribution < 1.29 is 43.9 Å². The number of aliphatic hydroxyl groups excluding tert-OH is 3. The predicted molar refractivity (Wildman–Crippen MR) is 112 cm³/mol. The smallest absolute Gasteiger partial charge is 0.344 e. The van der Waals surface area contributed by atoms with Crippen molar-refractivity contribution in [2.24, 2.45) is 0 Å². The van der Waals surface area contributed by atoms with Crippen LogP contribution in [0.4, 0.5) is 0 Å². The molecule has 1 aromatic heterocycles. The molecule has 5 unspecified atom stereocenters. The Balaban J connectivity index is 1.74. The molecule has 3 aromatic rings. The van der Waals surface area contributed by atoms with Crippen LogP contribution >= 0.6 is 0 Å². The van der Waals surface area contributed by atoms with E-state index in [1.807, 2.05) is 0 Å². The zero-order valence-corrected chi connectivity index (χ0v) is 17.2. The van der Waals surface area contributed by atoms with Crippen LogP contribution in [0.5, 0.6) is 0 Å². The summed E-state index contributed by atoms with van der Waals surface area (Å²) in [5.41, 5.74) is 0.349. The second-order valence-corrected chi connectivity index (χ2v) is 7.57. The highest BCUT2D eigenvalue weighted by atomic mass is 16.7. The number of esters is 1. The number of hydrogen-bond donors (Lipinski definition) is 4. The highest BCUT2D eigenvalue weighted by Gasteiger charge is 2.48. The second-order valence-electron chi connectivity index (χ2n) is 7.57. The molecule has 10 nitrogen and oxygen atoms in total. The maximum Gasteiger partial charge on any atom is 0.344 e. The first kappa shape index (κ1) is 22.6. The van der Waals surface area contributed by atoms with Crippen molar-refractivity contribution in [2.45, 2.75) is 37.6 Å². The summed E-state index contributed by atoms with van der Waals surface area (Å²) in [4.78, 5) is 37.1. The number of carbonyl (C=O) groups excluding carboxylic acids is 1. The van der Waals surface area contributed by atoms with Gasteiger partial charge in [-0.05, 0) is 19.1 Å². The summed E-state index contributed by atoms with van der Waals surface area (Å²) in [7, 11) is 0. The largest absolute Gasteiger partial charge is 0.479 e. The zero-order chi connectivity index (χ0) is 23.9. The number of aliphatic carboxylic acids is 1. The Kier molecular flexibility index (Phi) is 6.00. The van der Waals surface area contributed by atoms with Gasteiger partial charge >= 0.3 is 11.9 Å². The Morgan fingerprint density at radius 3 is 2.30 bits per heavy atom. The number of carboxylic acids is 1. The molecule has 33 heavy (non-hydrogen) atoms. The first-order valence-electron chi connectivity index (χ1n) is 9.96. The number of aliphatic hydroxyl groups is 3. The van der Waals surface area contributed by atoms with Crippen LogP contribution in [0.1, 0.15) is 15.9 Å². The quantitative estimate of drug-likeness (QED) is 0.413. The van der Waals surface area contributed by atoms with Crippen molar-refractivity contribution in [1.29, 1.82) is 0 Å². The summed E-state index contributed by atoms with van der Waals surface area (Å²) in [6.45, 7) is 1.60. The molecule has 2 heterocycles. The van der Waals surface area contributed by atoms with Crippen molar-refractivity contribution in [3.8, 4) is 11.3 Å². The third-order valence-corrected chi connectivity index (χ3v) is 5.44. The Hall–Kier alpha value is -3.57. The molecule has 1 aliphatic heterocycles. The second kappa shape index (κ2) is 8.75. The summed E-state index contributed by atoms with van der Waals surface area (Å²) < 4.78 is 16.0. The minimum Gasteiger partial charge on any atom is -0.479 e. The Bertz CT molecular complexity index is 1270. The fourth-order valence-corrected chi connectivity index (χ4v) is 3.65. The Morgan fingerprint density at radius 1 is 0.939 bits per heavy atom. The molecular weight excluding hydrogens is 436 g/mol. The molecule has 2 aromatic carbocycles. The summed E-state index contributed by atoms with van der Waals surface area (Å²) in [6.07, 6.45) is -9.60. The molecule has 0 radical (unpaired) electrons. The maximum absolute atomic E-state index is 12.9. The molecule has 4 N–H and O–H groups in total. The maximum atomic E-state index is 12.9. The minimum atomic E-state index is -1.93. The van der Waals surface area contributed by atoms with E-state index in [1.54, 1.807) is 37.3 Å². The fraction of sp³-hybridized carbons (Fsp3) is 0.261. The average Bonchev–Trinajstić information content (AvgIpc) is 2.81. The lowest BCUT2D eigenvalue weighted by Gasteiger charge is -2.37. The van der Waals surface area contributed by atoms with Gasteiger partial charge in [0.05, 0.1) is 5.39 Å². The van der Waals surface area contributed by atoms with E-state index in [4.69, 9.17) is 19.0 Å². The third-order valence-electron chi connectivity index (χ3n) is 5.44. The molecule has 0 bridgehead atoms. The number of benzene rings is 2. The molecule has 10 heteroatoms. The van der Waals surface area contributed by atoms with E-state index >= 15 is 0 Å². The van der Waals surface area contributed by atoms with Gasteiger partial charge in [-0.2, -0.15) is 0 Å². The number of carboxylic acid groups (broad SMARTS) is 1. The van der Waals surface area contributed by atoms with Crippen LogP contribution in [0.15, 0.2) is 57.7 Å². The Morgan fingerprint density at radius 2 is 1.64 bits per heavy atom. The van der Waals surface area contributed by atoms with Crippen LogP contribution in [-0.2, 0) is 14.3 Å². The number of hydrogen-bond acceptors (Lipinski definition) is 9. The molecule has 4 rings (SSSR count). The summed E-state index contributed by atoms with van der Waals surface area (Å²) >= 11 is 0. The van der Waals surface area contributed by atoms with Gasteiger partial charge in [0.25, 0.3) is 0 Å². The number of para-hydroxylation sites is 1. The number of ether oxygens (including phenoxy) is 2. The van der Waals surface area contributed by atoms with E-state index in [9.17, 15) is 29.7 Å². The SMILES string of the molecule is Cc1c(-c2ccccc2)oc2c(C(=O)OC3OC(C(=O)O)C(O)C(O)C3O)cccc2c1=O. The van der Waals surface area contributed by atoms with Crippen molar-refractivity contribution >= 4 is 22.9 Å². The van der Waals surface area contributed by atoms with E-state index in [2.05, 4.69) is 0 Å². The van der Waals surface area contributed by atoms with E-state index in [0.717, 1.165) is 0 Å². The van der Waals surface area contributed by atoms with Gasteiger partial charge in [0.15, 0.2) is 17.1 Å². The van der Waals surface area contributed by atoms with E-state index in [-0.39, 0.29) is 27.7 Å². The van der Waals surface area contributed by atoms with Gasteiger partial charge in [-0.3, -0.25) is 4.79 Å². The number of rotatable bonds is 4. The van der Waals surface area contributed by atoms with Gasteiger partial charge < -0.3 is 34.3 Å². The lowest BCUT2D eigenvalue weighted by atomic mass is 9.99. The van der Waals surface area contributed by atoms with E-state index in [0.29, 0.717) is 11.1 Å². The van der Waals surface area contributed by atoms with Gasteiger partial charge in [-0.25, -0.2) is 9.59 Å². The molecule has 0 spiro atoms. The van der Waals surface area contributed by atoms with Gasteiger partial charge in [0, 0.05) is 11.1 Å². The standard InChI is InChI=1S/C23H20O10/c1-10-14(24)12-8-5-9-13(19(12)31-18(10)11-6-3-2-4-7-11)22(30)33-23-17(27)15(25)16(26)20(32-23)21(28)29/h2-9,15-17,20,23,25-27H,1H3,(H,28,29). The monoisotopic (exact) mass is 456 g/mol. The lowest BCUT2D eigenvalue weighted by molar-refractivity contribution is -0.278. The molecule has 1 saturated heterocycles. The van der Waals surface area contributed by atoms with Crippen LogP contribution in [0.25, 0.3) is 22.3 Å². The molecular formula is C23H20O10. The topological polar surface area (TPSA) is 164 Å². The van der Waals surface area contributed by atoms with E-state index in [1.165, 1.54) is 18.2 Å². The summed E-state index contributed by atoms with van der Waals surface area (Å²) in [6, 6.07) is 13.0. The highest BCUT2D eigenvalue weighted by molar-refractivity contribution is 6.02. The molecule has 0 amide bonds. The van der Waals surface area contributed by atoms with Crippen LogP contribution in [-0.4, -0.2) is 63.1 Å². The van der Waals surface area contributed by atoms with Gasteiger partial charge in [-0.1, -0.05) is 36.4 Å². The predicted octanol–water partition coefficient (Wildman–Crippen LogP) is 0.817. The fourth-order valence-electron chi connectivity index (χ4n) is 3.65. The molecule has 1 aliphatic rings. The number of carbonyl (C=O) groups is 2. The first-order chi connectivity index (χ1) is 15.7. The zero-order valence-electron chi connectivity index (χ0n) is 17.2. The highest BCUT2D eigenvalue weighted by Crippen LogP contribution is 2.29. The van der Waals surface area contributed by atoms with Gasteiger partial charge in [-0.15, -0.1) is 0 Å². The van der Waals surface area contributed by atoms with Crippen LogP contribution in [0, 0.1) is 6.92 Å². The summed E-state index contributed by atoms with van der Waals surface area (Å²) in [5, 5.41) is 39.1. The normalized spacial score (nSPS) is 25.0. The van der Waals surface area contributed by atoms with Crippen LogP contribution in [0.3, 0.4) is 0 Å². The number of fused-ring (bicyclic) bond motifs is 1. The minimum absolute atomic E-state index is 0.0716. The molecule has 5 atom stereocenters. The van der Waals surface area contributed by atoms with Crippen molar-refractivity contribution in [3.05, 3.63) is 69.9 Å².